The number of amides is 1. The van der Waals surface area contributed by atoms with Crippen molar-refractivity contribution in [3.63, 3.8) is 0 Å². The largest absolute Gasteiger partial charge is 0.394 e. The number of piperidine rings is 2. The fourth-order valence-electron chi connectivity index (χ4n) is 5.62. The lowest BCUT2D eigenvalue weighted by Gasteiger charge is -2.49. The molecule has 0 saturated carbocycles. The van der Waals surface area contributed by atoms with E-state index in [4.69, 9.17) is 4.99 Å². The zero-order valence-electron chi connectivity index (χ0n) is 21.1. The molecule has 7 heteroatoms. The number of aryl methyl sites for hydroxylation is 2. The Morgan fingerprint density at radius 1 is 1.11 bits per heavy atom. The Kier molecular flexibility index (Phi) is 8.40. The topological polar surface area (TPSA) is 69.0 Å². The molecule has 1 N–H and O–H groups in total. The highest BCUT2D eigenvalue weighted by molar-refractivity contribution is 9.10. The van der Waals surface area contributed by atoms with E-state index in [1.165, 1.54) is 0 Å². The van der Waals surface area contributed by atoms with Crippen molar-refractivity contribution in [3.8, 4) is 0 Å². The van der Waals surface area contributed by atoms with Crippen LogP contribution in [0.25, 0.3) is 0 Å². The number of benzene rings is 1. The predicted octanol–water partition coefficient (Wildman–Crippen LogP) is 4.65. The van der Waals surface area contributed by atoms with Crippen LogP contribution >= 0.6 is 15.9 Å². The molecule has 188 valence electrons. The number of aliphatic hydroxyl groups excluding tert-OH is 1. The molecule has 0 spiro atoms. The zero-order chi connectivity index (χ0) is 25.0. The van der Waals surface area contributed by atoms with Gasteiger partial charge in [-0.2, -0.15) is 0 Å². The first-order valence-electron chi connectivity index (χ1n) is 12.7. The Labute approximate surface area is 217 Å². The maximum atomic E-state index is 13.2. The van der Waals surface area contributed by atoms with E-state index < -0.39 is 0 Å². The first kappa shape index (κ1) is 26.0. The van der Waals surface area contributed by atoms with Crippen LogP contribution in [-0.2, 0) is 0 Å². The van der Waals surface area contributed by atoms with E-state index >= 15 is 0 Å². The van der Waals surface area contributed by atoms with Gasteiger partial charge in [0, 0.05) is 40.9 Å². The molecule has 0 bridgehead atoms. The van der Waals surface area contributed by atoms with Crippen LogP contribution in [0.15, 0.2) is 46.0 Å². The normalized spacial score (nSPS) is 19.7. The fraction of sp³-hybridized carbons (Fsp3) is 0.536. The third-order valence-corrected chi connectivity index (χ3v) is 8.39. The molecule has 1 aromatic heterocycles. The number of aromatic nitrogens is 1. The van der Waals surface area contributed by atoms with E-state index in [1.807, 2.05) is 24.8 Å². The molecule has 1 amide bonds. The van der Waals surface area contributed by atoms with Gasteiger partial charge in [0.1, 0.15) is 0 Å². The summed E-state index contributed by atoms with van der Waals surface area (Å²) in [6, 6.07) is 10.3. The van der Waals surface area contributed by atoms with E-state index in [1.54, 1.807) is 6.20 Å². The maximum Gasteiger partial charge on any atom is 0.255 e. The Hall–Kier alpha value is -2.09. The second-order valence-electron chi connectivity index (χ2n) is 10.1. The molecule has 1 aromatic carbocycles. The number of carbonyl (C=O) groups is 1. The molecule has 0 radical (unpaired) electrons. The second-order valence-corrected chi connectivity index (χ2v) is 11.1. The van der Waals surface area contributed by atoms with E-state index in [0.29, 0.717) is 12.5 Å². The third kappa shape index (κ3) is 5.84. The van der Waals surface area contributed by atoms with E-state index in [0.717, 1.165) is 84.4 Å². The number of aliphatic imine (C=N–C) groups is 1. The van der Waals surface area contributed by atoms with Gasteiger partial charge in [0.2, 0.25) is 0 Å². The number of hydrogen-bond acceptors (Lipinski definition) is 5. The summed E-state index contributed by atoms with van der Waals surface area (Å²) >= 11 is 3.52. The molecule has 2 aromatic rings. The lowest BCUT2D eigenvalue weighted by molar-refractivity contribution is 0.0164. The summed E-state index contributed by atoms with van der Waals surface area (Å²) in [5, 5.41) is 9.36. The molecule has 4 rings (SSSR count). The maximum absolute atomic E-state index is 13.2. The van der Waals surface area contributed by atoms with Crippen LogP contribution in [0.2, 0.25) is 0 Å². The van der Waals surface area contributed by atoms with Crippen LogP contribution < -0.4 is 0 Å². The number of likely N-dealkylation sites (tertiary alicyclic amines) is 2. The average Bonchev–Trinajstić information content (AvgIpc) is 2.86. The number of carbonyl (C=O) groups excluding carboxylic acids is 1. The molecule has 2 aliphatic heterocycles. The van der Waals surface area contributed by atoms with Gasteiger partial charge in [0.05, 0.1) is 24.4 Å². The van der Waals surface area contributed by atoms with Crippen molar-refractivity contribution >= 4 is 27.5 Å². The Morgan fingerprint density at radius 3 is 2.37 bits per heavy atom. The van der Waals surface area contributed by atoms with Gasteiger partial charge in [0.15, 0.2) is 0 Å². The smallest absolute Gasteiger partial charge is 0.255 e. The zero-order valence-corrected chi connectivity index (χ0v) is 22.7. The van der Waals surface area contributed by atoms with Gasteiger partial charge in [-0.1, -0.05) is 28.1 Å². The van der Waals surface area contributed by atoms with Crippen LogP contribution in [0.1, 0.15) is 59.8 Å². The Balaban J connectivity index is 1.38. The highest BCUT2D eigenvalue weighted by Crippen LogP contribution is 2.34. The Morgan fingerprint density at radius 2 is 1.77 bits per heavy atom. The molecule has 2 aliphatic rings. The molecule has 3 heterocycles. The summed E-state index contributed by atoms with van der Waals surface area (Å²) in [7, 11) is 0. The molecule has 2 fully saturated rings. The molecule has 0 aliphatic carbocycles. The molecule has 6 nitrogen and oxygen atoms in total. The van der Waals surface area contributed by atoms with Gasteiger partial charge in [0.25, 0.3) is 5.91 Å². The minimum absolute atomic E-state index is 0.0737. The lowest BCUT2D eigenvalue weighted by atomic mass is 9.82. The van der Waals surface area contributed by atoms with E-state index in [9.17, 15) is 9.90 Å². The van der Waals surface area contributed by atoms with Crippen LogP contribution in [-0.4, -0.2) is 76.4 Å². The lowest BCUT2D eigenvalue weighted by Crippen LogP contribution is -2.56. The van der Waals surface area contributed by atoms with Crippen LogP contribution in [0.5, 0.6) is 0 Å². The summed E-state index contributed by atoms with van der Waals surface area (Å²) in [4.78, 5) is 27.0. The molecule has 0 atom stereocenters. The Bertz CT molecular complexity index is 1030. The SMILES string of the molecule is Cc1ccnc(C)c1C(=O)N1CCC(C)(N2CCC(/C(=N/CCO)c3ccc(Br)cc3)CC2)CC1. The highest BCUT2D eigenvalue weighted by atomic mass is 79.9. The van der Waals surface area contributed by atoms with E-state index in [-0.39, 0.29) is 18.1 Å². The van der Waals surface area contributed by atoms with Crippen molar-refractivity contribution in [2.45, 2.75) is 52.0 Å². The average molecular weight is 542 g/mol. The number of halogens is 1. The quantitative estimate of drug-likeness (QED) is 0.541. The molecule has 2 saturated heterocycles. The van der Waals surface area contributed by atoms with Crippen LogP contribution in [0.4, 0.5) is 0 Å². The third-order valence-electron chi connectivity index (χ3n) is 7.86. The first-order valence-corrected chi connectivity index (χ1v) is 13.5. The summed E-state index contributed by atoms with van der Waals surface area (Å²) in [5.41, 5.74) is 4.97. The highest BCUT2D eigenvalue weighted by Gasteiger charge is 2.39. The fourth-order valence-corrected chi connectivity index (χ4v) is 5.89. The molecule has 35 heavy (non-hydrogen) atoms. The first-order chi connectivity index (χ1) is 16.8. The van der Waals surface area contributed by atoms with Crippen molar-refractivity contribution in [3.05, 3.63) is 63.4 Å². The number of pyridine rings is 1. The summed E-state index contributed by atoms with van der Waals surface area (Å²) in [5.74, 6) is 0.522. The number of nitrogens with zero attached hydrogens (tertiary/aromatic N) is 4. The molecule has 0 unspecified atom stereocenters. The van der Waals surface area contributed by atoms with Crippen molar-refractivity contribution in [2.75, 3.05) is 39.3 Å². The van der Waals surface area contributed by atoms with Crippen molar-refractivity contribution in [1.29, 1.82) is 0 Å². The standard InChI is InChI=1S/C28H37BrN4O2/c1-20-8-13-30-21(2)25(20)27(35)32-17-11-28(3,12-18-32)33-15-9-23(10-16-33)26(31-14-19-34)22-4-6-24(29)7-5-22/h4-8,13,23,34H,9-12,14-19H2,1-3H3/b31-26+. The van der Waals surface area contributed by atoms with Crippen LogP contribution in [0.3, 0.4) is 0 Å². The number of hydrogen-bond donors (Lipinski definition) is 1. The summed E-state index contributed by atoms with van der Waals surface area (Å²) in [6.45, 7) is 10.4. The van der Waals surface area contributed by atoms with Crippen molar-refractivity contribution < 1.29 is 9.90 Å². The van der Waals surface area contributed by atoms with Gasteiger partial charge < -0.3 is 10.0 Å². The van der Waals surface area contributed by atoms with Crippen molar-refractivity contribution in [1.82, 2.24) is 14.8 Å². The second kappa shape index (κ2) is 11.3. The summed E-state index contributed by atoms with van der Waals surface area (Å²) < 4.78 is 1.06. The van der Waals surface area contributed by atoms with Gasteiger partial charge in [-0.25, -0.2) is 0 Å². The van der Waals surface area contributed by atoms with Gasteiger partial charge in [-0.15, -0.1) is 0 Å². The minimum atomic E-state index is 0.0737. The number of rotatable bonds is 6. The van der Waals surface area contributed by atoms with Crippen LogP contribution in [0, 0.1) is 19.8 Å². The monoisotopic (exact) mass is 540 g/mol. The van der Waals surface area contributed by atoms with E-state index in [2.05, 4.69) is 57.0 Å². The van der Waals surface area contributed by atoms with Gasteiger partial charge in [-0.05, 0) is 88.9 Å². The van der Waals surface area contributed by atoms with Crippen molar-refractivity contribution in [2.24, 2.45) is 10.9 Å². The summed E-state index contributed by atoms with van der Waals surface area (Å²) in [6.07, 6.45) is 5.87. The number of aliphatic hydroxyl groups is 1. The van der Waals surface area contributed by atoms with Gasteiger partial charge >= 0.3 is 0 Å². The molecular formula is C28H37BrN4O2. The molecular weight excluding hydrogens is 504 g/mol. The predicted molar refractivity (Wildman–Crippen MR) is 144 cm³/mol. The minimum Gasteiger partial charge on any atom is -0.394 e. The van der Waals surface area contributed by atoms with Gasteiger partial charge in [-0.3, -0.25) is 19.7 Å².